The third-order valence-electron chi connectivity index (χ3n) is 1.97. The van der Waals surface area contributed by atoms with Crippen LogP contribution in [0.2, 0.25) is 0 Å². The second-order valence-electron chi connectivity index (χ2n) is 3.10. The molecule has 0 saturated heterocycles. The lowest BCUT2D eigenvalue weighted by molar-refractivity contribution is 0.352. The van der Waals surface area contributed by atoms with Gasteiger partial charge in [0.2, 0.25) is 0 Å². The van der Waals surface area contributed by atoms with Crippen LogP contribution >= 0.6 is 0 Å². The van der Waals surface area contributed by atoms with E-state index in [0.29, 0.717) is 5.92 Å². The molecule has 1 aliphatic rings. The number of rotatable bonds is 1. The zero-order valence-electron chi connectivity index (χ0n) is 5.89. The minimum Gasteiger partial charge on any atom is -0.253 e. The molecule has 0 radical (unpaired) electrons. The molecule has 1 unspecified atom stereocenters. The largest absolute Gasteiger partial charge is 0.253 e. The van der Waals surface area contributed by atoms with Crippen LogP contribution in [-0.2, 0) is 9.73 Å². The summed E-state index contributed by atoms with van der Waals surface area (Å²) in [4.78, 5) is 0. The second kappa shape index (κ2) is 1.97. The van der Waals surface area contributed by atoms with Crippen LogP contribution in [0.5, 0.6) is 0 Å². The van der Waals surface area contributed by atoms with E-state index < -0.39 is 9.73 Å². The molecule has 0 spiro atoms. The fourth-order valence-corrected chi connectivity index (χ4v) is 2.59. The molecule has 9 heavy (non-hydrogen) atoms. The lowest BCUT2D eigenvalue weighted by atomic mass is 9.87. The molecule has 1 saturated carbocycles. The molecule has 0 bridgehead atoms. The summed E-state index contributed by atoms with van der Waals surface area (Å²) >= 11 is 0. The summed E-state index contributed by atoms with van der Waals surface area (Å²) in [5.74, 6) is 0.709. The van der Waals surface area contributed by atoms with Gasteiger partial charge in [-0.2, -0.15) is 0 Å². The van der Waals surface area contributed by atoms with E-state index in [0.717, 1.165) is 12.8 Å². The van der Waals surface area contributed by atoms with Gasteiger partial charge >= 0.3 is 0 Å². The first-order valence-corrected chi connectivity index (χ1v) is 5.25. The third kappa shape index (κ3) is 1.45. The van der Waals surface area contributed by atoms with Gasteiger partial charge in [-0.25, -0.2) is 4.21 Å². The topological polar surface area (TPSA) is 40.9 Å². The van der Waals surface area contributed by atoms with E-state index in [4.69, 9.17) is 4.78 Å². The highest BCUT2D eigenvalue weighted by Crippen LogP contribution is 2.31. The Morgan fingerprint density at radius 2 is 2.00 bits per heavy atom. The lowest BCUT2D eigenvalue weighted by Gasteiger charge is -2.32. The predicted molar refractivity (Wildman–Crippen MR) is 39.0 cm³/mol. The summed E-state index contributed by atoms with van der Waals surface area (Å²) in [6, 6.07) is 0. The van der Waals surface area contributed by atoms with Crippen molar-refractivity contribution in [2.45, 2.75) is 25.0 Å². The summed E-state index contributed by atoms with van der Waals surface area (Å²) in [6.07, 6.45) is 3.54. The highest BCUT2D eigenvalue weighted by Gasteiger charge is 2.30. The standard InChI is InChI=1S/C6H13NOS/c1-5-3-6(4-5)9(2,7)8/h5-7H,3-4H2,1-2H3. The van der Waals surface area contributed by atoms with Crippen LogP contribution in [0.4, 0.5) is 0 Å². The Bertz CT molecular complexity index is 189. The van der Waals surface area contributed by atoms with Gasteiger partial charge in [-0.15, -0.1) is 0 Å². The molecule has 0 aliphatic heterocycles. The van der Waals surface area contributed by atoms with Crippen LogP contribution in [0.1, 0.15) is 19.8 Å². The number of nitrogens with one attached hydrogen (secondary N) is 1. The van der Waals surface area contributed by atoms with Crippen LogP contribution in [0.25, 0.3) is 0 Å². The molecular formula is C6H13NOS. The van der Waals surface area contributed by atoms with E-state index in [9.17, 15) is 4.21 Å². The number of hydrogen-bond donors (Lipinski definition) is 1. The minimum atomic E-state index is -2.20. The van der Waals surface area contributed by atoms with Crippen molar-refractivity contribution in [2.75, 3.05) is 6.26 Å². The van der Waals surface area contributed by atoms with Crippen molar-refractivity contribution in [1.29, 1.82) is 4.78 Å². The van der Waals surface area contributed by atoms with Crippen molar-refractivity contribution in [3.63, 3.8) is 0 Å². The van der Waals surface area contributed by atoms with Crippen LogP contribution in [0, 0.1) is 10.7 Å². The molecule has 1 N–H and O–H groups in total. The molecule has 1 fully saturated rings. The fourth-order valence-electron chi connectivity index (χ4n) is 1.20. The maximum atomic E-state index is 11.0. The molecule has 0 heterocycles. The molecular weight excluding hydrogens is 134 g/mol. The zero-order chi connectivity index (χ0) is 7.07. The van der Waals surface area contributed by atoms with Crippen LogP contribution in [0.15, 0.2) is 0 Å². The summed E-state index contributed by atoms with van der Waals surface area (Å²) in [5.41, 5.74) is 0. The van der Waals surface area contributed by atoms with E-state index in [-0.39, 0.29) is 5.25 Å². The van der Waals surface area contributed by atoms with E-state index in [2.05, 4.69) is 6.92 Å². The van der Waals surface area contributed by atoms with Gasteiger partial charge in [0, 0.05) is 21.2 Å². The quantitative estimate of drug-likeness (QED) is 0.599. The average molecular weight is 147 g/mol. The molecule has 3 heteroatoms. The summed E-state index contributed by atoms with van der Waals surface area (Å²) in [5, 5.41) is 0.201. The van der Waals surface area contributed by atoms with Crippen molar-refractivity contribution in [2.24, 2.45) is 5.92 Å². The summed E-state index contributed by atoms with van der Waals surface area (Å²) in [6.45, 7) is 2.14. The predicted octanol–water partition coefficient (Wildman–Crippen LogP) is 1.46. The average Bonchev–Trinajstić information content (AvgIpc) is 1.55. The molecule has 1 rings (SSSR count). The highest BCUT2D eigenvalue weighted by atomic mass is 32.2. The van der Waals surface area contributed by atoms with Gasteiger partial charge in [0.05, 0.1) is 0 Å². The maximum absolute atomic E-state index is 11.0. The summed E-state index contributed by atoms with van der Waals surface area (Å²) < 4.78 is 18.2. The first kappa shape index (κ1) is 7.06. The third-order valence-corrected chi connectivity index (χ3v) is 3.62. The first-order chi connectivity index (χ1) is 4.00. The van der Waals surface area contributed by atoms with Crippen LogP contribution < -0.4 is 0 Å². The van der Waals surface area contributed by atoms with Crippen molar-refractivity contribution < 1.29 is 4.21 Å². The highest BCUT2D eigenvalue weighted by molar-refractivity contribution is 7.92. The molecule has 0 aromatic rings. The molecule has 0 amide bonds. The Morgan fingerprint density at radius 3 is 2.11 bits per heavy atom. The van der Waals surface area contributed by atoms with E-state index >= 15 is 0 Å². The first-order valence-electron chi connectivity index (χ1n) is 3.23. The van der Waals surface area contributed by atoms with Gasteiger partial charge in [-0.1, -0.05) is 6.92 Å². The van der Waals surface area contributed by atoms with Crippen LogP contribution in [0.3, 0.4) is 0 Å². The Balaban J connectivity index is 2.51. The van der Waals surface area contributed by atoms with E-state index in [1.54, 1.807) is 6.26 Å². The van der Waals surface area contributed by atoms with Gasteiger partial charge in [0.25, 0.3) is 0 Å². The van der Waals surface area contributed by atoms with Gasteiger partial charge in [0.15, 0.2) is 0 Å². The SMILES string of the molecule is CC1CC(S(C)(=N)=O)C1. The van der Waals surface area contributed by atoms with Crippen molar-refractivity contribution in [3.05, 3.63) is 0 Å². The Kier molecular flexibility index (Phi) is 1.55. The van der Waals surface area contributed by atoms with Crippen molar-refractivity contribution >= 4 is 9.73 Å². The van der Waals surface area contributed by atoms with Crippen molar-refractivity contribution in [1.82, 2.24) is 0 Å². The smallest absolute Gasteiger partial charge is 0.0441 e. The van der Waals surface area contributed by atoms with Crippen LogP contribution in [-0.4, -0.2) is 15.7 Å². The number of hydrogen-bond acceptors (Lipinski definition) is 2. The summed E-state index contributed by atoms with van der Waals surface area (Å²) in [7, 11) is -2.20. The lowest BCUT2D eigenvalue weighted by Crippen LogP contribution is -2.32. The maximum Gasteiger partial charge on any atom is 0.0441 e. The van der Waals surface area contributed by atoms with Gasteiger partial charge in [0.1, 0.15) is 0 Å². The Morgan fingerprint density at radius 1 is 1.56 bits per heavy atom. The molecule has 1 atom stereocenters. The molecule has 2 nitrogen and oxygen atoms in total. The van der Waals surface area contributed by atoms with Gasteiger partial charge in [-0.05, 0) is 18.8 Å². The monoisotopic (exact) mass is 147 g/mol. The molecule has 0 aromatic heterocycles. The van der Waals surface area contributed by atoms with Gasteiger partial charge < -0.3 is 0 Å². The second-order valence-corrected chi connectivity index (χ2v) is 5.58. The van der Waals surface area contributed by atoms with Crippen molar-refractivity contribution in [3.8, 4) is 0 Å². The Hall–Kier alpha value is -0.0500. The Labute approximate surface area is 56.6 Å². The molecule has 54 valence electrons. The zero-order valence-corrected chi connectivity index (χ0v) is 6.70. The molecule has 0 aromatic carbocycles. The molecule has 1 aliphatic carbocycles. The van der Waals surface area contributed by atoms with Gasteiger partial charge in [-0.3, -0.25) is 4.78 Å². The van der Waals surface area contributed by atoms with E-state index in [1.165, 1.54) is 0 Å². The normalized spacial score (nSPS) is 41.1. The minimum absolute atomic E-state index is 0.201. The fraction of sp³-hybridized carbons (Fsp3) is 1.00. The van der Waals surface area contributed by atoms with E-state index in [1.807, 2.05) is 0 Å².